The highest BCUT2D eigenvalue weighted by molar-refractivity contribution is 8.00. The molecule has 0 saturated heterocycles. The minimum Gasteiger partial charge on any atom is -0.348 e. The molecule has 0 saturated carbocycles. The van der Waals surface area contributed by atoms with E-state index in [0.717, 1.165) is 16.2 Å². The Labute approximate surface area is 220 Å². The first-order valence-electron chi connectivity index (χ1n) is 11.4. The second-order valence-electron chi connectivity index (χ2n) is 7.90. The summed E-state index contributed by atoms with van der Waals surface area (Å²) in [5.74, 6) is 0.874. The van der Waals surface area contributed by atoms with Crippen molar-refractivity contribution in [2.45, 2.75) is 27.1 Å². The van der Waals surface area contributed by atoms with Crippen LogP contribution in [0.1, 0.15) is 21.5 Å². The monoisotopic (exact) mass is 534 g/mol. The predicted molar refractivity (Wildman–Crippen MR) is 147 cm³/mol. The molecule has 0 aliphatic carbocycles. The molecular weight excluding hydrogens is 509 g/mol. The second-order valence-corrected chi connectivity index (χ2v) is 12.1. The van der Waals surface area contributed by atoms with Crippen molar-refractivity contribution in [2.75, 3.05) is 11.5 Å². The predicted octanol–water partition coefficient (Wildman–Crippen LogP) is 5.87. The maximum absolute atomic E-state index is 13.0. The third-order valence-corrected chi connectivity index (χ3v) is 9.54. The van der Waals surface area contributed by atoms with Gasteiger partial charge in [0.1, 0.15) is 5.03 Å². The number of amides is 1. The fourth-order valence-electron chi connectivity index (χ4n) is 3.47. The van der Waals surface area contributed by atoms with E-state index in [1.807, 2.05) is 36.4 Å². The first-order chi connectivity index (χ1) is 17.5. The van der Waals surface area contributed by atoms with Gasteiger partial charge in [-0.05, 0) is 41.5 Å². The maximum atomic E-state index is 13.0. The zero-order chi connectivity index (χ0) is 25.2. The van der Waals surface area contributed by atoms with Crippen LogP contribution in [0.2, 0.25) is 0 Å². The van der Waals surface area contributed by atoms with Crippen LogP contribution in [0, 0.1) is 0 Å². The Morgan fingerprint density at radius 1 is 0.806 bits per heavy atom. The normalized spacial score (nSPS) is 11.2. The van der Waals surface area contributed by atoms with Crippen molar-refractivity contribution in [1.82, 2.24) is 10.3 Å². The van der Waals surface area contributed by atoms with Gasteiger partial charge in [-0.25, -0.2) is 13.4 Å². The maximum Gasteiger partial charge on any atom is 0.254 e. The van der Waals surface area contributed by atoms with E-state index < -0.39 is 9.84 Å². The van der Waals surface area contributed by atoms with Gasteiger partial charge < -0.3 is 5.32 Å². The number of aromatic nitrogens is 1. The van der Waals surface area contributed by atoms with E-state index in [1.165, 1.54) is 17.3 Å². The molecule has 8 heteroatoms. The smallest absolute Gasteiger partial charge is 0.254 e. The number of carbonyl (C=O) groups excluding carboxylic acids is 1. The van der Waals surface area contributed by atoms with Gasteiger partial charge in [0, 0.05) is 29.1 Å². The molecule has 0 spiro atoms. The number of rotatable bonds is 11. The third-order valence-electron chi connectivity index (χ3n) is 5.36. The van der Waals surface area contributed by atoms with E-state index in [9.17, 15) is 13.2 Å². The molecule has 1 amide bonds. The SMILES string of the molecule is O=C(NCc1ccccc1SCc1ccccc1)c1cccnc1SCCS(=O)(=O)c1ccccc1. The van der Waals surface area contributed by atoms with Crippen LogP contribution >= 0.6 is 23.5 Å². The molecule has 5 nitrogen and oxygen atoms in total. The summed E-state index contributed by atoms with van der Waals surface area (Å²) in [5, 5.41) is 3.52. The fraction of sp³-hybridized carbons (Fsp3) is 0.143. The van der Waals surface area contributed by atoms with Gasteiger partial charge in [0.2, 0.25) is 0 Å². The summed E-state index contributed by atoms with van der Waals surface area (Å²) in [5.41, 5.74) is 2.72. The number of hydrogen-bond donors (Lipinski definition) is 1. The molecule has 4 aromatic rings. The van der Waals surface area contributed by atoms with Crippen molar-refractivity contribution in [3.05, 3.63) is 120 Å². The van der Waals surface area contributed by atoms with E-state index in [2.05, 4.69) is 28.5 Å². The number of benzene rings is 3. The van der Waals surface area contributed by atoms with E-state index in [4.69, 9.17) is 0 Å². The molecule has 0 radical (unpaired) electrons. The molecule has 36 heavy (non-hydrogen) atoms. The van der Waals surface area contributed by atoms with Crippen molar-refractivity contribution in [3.8, 4) is 0 Å². The van der Waals surface area contributed by atoms with Crippen molar-refractivity contribution >= 4 is 39.3 Å². The van der Waals surface area contributed by atoms with E-state index in [-0.39, 0.29) is 11.7 Å². The van der Waals surface area contributed by atoms with Crippen molar-refractivity contribution < 1.29 is 13.2 Å². The van der Waals surface area contributed by atoms with Crippen LogP contribution in [0.15, 0.2) is 118 Å². The van der Waals surface area contributed by atoms with E-state index in [0.29, 0.717) is 27.8 Å². The number of nitrogens with one attached hydrogen (secondary N) is 1. The lowest BCUT2D eigenvalue weighted by molar-refractivity contribution is 0.0947. The van der Waals surface area contributed by atoms with Gasteiger partial charge in [0.05, 0.1) is 16.2 Å². The molecule has 184 valence electrons. The van der Waals surface area contributed by atoms with Gasteiger partial charge in [-0.15, -0.1) is 23.5 Å². The van der Waals surface area contributed by atoms with Gasteiger partial charge in [0.25, 0.3) is 5.91 Å². The standard InChI is InChI=1S/C28H26N2O3S3/c31-27(30-20-23-12-7-8-16-26(23)35-21-22-10-3-1-4-11-22)25-15-9-17-29-28(25)34-18-19-36(32,33)24-13-5-2-6-14-24/h1-17H,18-21H2,(H,30,31). The van der Waals surface area contributed by atoms with Crippen molar-refractivity contribution in [1.29, 1.82) is 0 Å². The Kier molecular flexibility index (Phi) is 9.22. The molecule has 0 fully saturated rings. The summed E-state index contributed by atoms with van der Waals surface area (Å²) < 4.78 is 25.1. The summed E-state index contributed by atoms with van der Waals surface area (Å²) in [6.07, 6.45) is 1.61. The highest BCUT2D eigenvalue weighted by Gasteiger charge is 2.17. The average Bonchev–Trinajstić information content (AvgIpc) is 2.92. The summed E-state index contributed by atoms with van der Waals surface area (Å²) in [6, 6.07) is 30.1. The Morgan fingerprint density at radius 3 is 2.28 bits per heavy atom. The third kappa shape index (κ3) is 7.22. The lowest BCUT2D eigenvalue weighted by Gasteiger charge is -2.12. The summed E-state index contributed by atoms with van der Waals surface area (Å²) >= 11 is 3.01. The van der Waals surface area contributed by atoms with Crippen LogP contribution in [0.25, 0.3) is 0 Å². The van der Waals surface area contributed by atoms with Gasteiger partial charge in [-0.2, -0.15) is 0 Å². The highest BCUT2D eigenvalue weighted by atomic mass is 32.2. The van der Waals surface area contributed by atoms with Crippen molar-refractivity contribution in [3.63, 3.8) is 0 Å². The second kappa shape index (κ2) is 12.8. The molecule has 0 unspecified atom stereocenters. The number of carbonyl (C=O) groups is 1. The van der Waals surface area contributed by atoms with E-state index >= 15 is 0 Å². The topological polar surface area (TPSA) is 76.1 Å². The molecular formula is C28H26N2O3S3. The van der Waals surface area contributed by atoms with Crippen LogP contribution in [0.3, 0.4) is 0 Å². The van der Waals surface area contributed by atoms with Crippen molar-refractivity contribution in [2.24, 2.45) is 0 Å². The molecule has 1 aromatic heterocycles. The Hall–Kier alpha value is -3.07. The number of sulfone groups is 1. The zero-order valence-corrected chi connectivity index (χ0v) is 22.0. The highest BCUT2D eigenvalue weighted by Crippen LogP contribution is 2.27. The first kappa shape index (κ1) is 26.0. The lowest BCUT2D eigenvalue weighted by atomic mass is 10.2. The first-order valence-corrected chi connectivity index (χ1v) is 15.0. The number of pyridine rings is 1. The molecule has 4 rings (SSSR count). The fourth-order valence-corrected chi connectivity index (χ4v) is 7.15. The molecule has 1 N–H and O–H groups in total. The summed E-state index contributed by atoms with van der Waals surface area (Å²) in [6.45, 7) is 0.387. The minimum absolute atomic E-state index is 0.0364. The number of hydrogen-bond acceptors (Lipinski definition) is 6. The number of nitrogens with zero attached hydrogens (tertiary/aromatic N) is 1. The number of thioether (sulfide) groups is 2. The van der Waals surface area contributed by atoms with Crippen LogP contribution in [-0.2, 0) is 22.1 Å². The Morgan fingerprint density at radius 2 is 1.50 bits per heavy atom. The molecule has 0 aliphatic rings. The average molecular weight is 535 g/mol. The molecule has 0 atom stereocenters. The lowest BCUT2D eigenvalue weighted by Crippen LogP contribution is -2.24. The van der Waals surface area contributed by atoms with Gasteiger partial charge in [-0.1, -0.05) is 66.7 Å². The largest absolute Gasteiger partial charge is 0.348 e. The quantitative estimate of drug-likeness (QED) is 0.243. The molecule has 1 heterocycles. The van der Waals surface area contributed by atoms with Crippen LogP contribution in [-0.4, -0.2) is 30.8 Å². The summed E-state index contributed by atoms with van der Waals surface area (Å²) in [4.78, 5) is 18.8. The Bertz CT molecular complexity index is 1400. The van der Waals surface area contributed by atoms with Crippen LogP contribution in [0.4, 0.5) is 0 Å². The Balaban J connectivity index is 1.36. The molecule has 0 bridgehead atoms. The van der Waals surface area contributed by atoms with Gasteiger partial charge in [0.15, 0.2) is 9.84 Å². The molecule has 0 aliphatic heterocycles. The summed E-state index contributed by atoms with van der Waals surface area (Å²) in [7, 11) is -3.39. The van der Waals surface area contributed by atoms with Crippen LogP contribution < -0.4 is 5.32 Å². The zero-order valence-electron chi connectivity index (χ0n) is 19.5. The molecule has 3 aromatic carbocycles. The van der Waals surface area contributed by atoms with Gasteiger partial charge in [-0.3, -0.25) is 4.79 Å². The van der Waals surface area contributed by atoms with Crippen LogP contribution in [0.5, 0.6) is 0 Å². The van der Waals surface area contributed by atoms with E-state index in [1.54, 1.807) is 60.4 Å². The minimum atomic E-state index is -3.39. The van der Waals surface area contributed by atoms with Gasteiger partial charge >= 0.3 is 0 Å².